The monoisotopic (exact) mass is 323 g/mol. The SMILES string of the molecule is CCCCc1ccc(Nc2nc(-c3ccc(N)cc3)cs2)cc1. The molecule has 0 unspecified atom stereocenters. The van der Waals surface area contributed by atoms with Crippen molar-refractivity contribution in [1.29, 1.82) is 0 Å². The Hall–Kier alpha value is -2.33. The third-order valence-electron chi connectivity index (χ3n) is 3.73. The molecule has 0 bridgehead atoms. The first-order chi connectivity index (χ1) is 11.2. The fourth-order valence-electron chi connectivity index (χ4n) is 2.38. The van der Waals surface area contributed by atoms with Crippen molar-refractivity contribution in [2.45, 2.75) is 26.2 Å². The van der Waals surface area contributed by atoms with E-state index in [1.54, 1.807) is 11.3 Å². The van der Waals surface area contributed by atoms with Gasteiger partial charge in [0.25, 0.3) is 0 Å². The van der Waals surface area contributed by atoms with Crippen molar-refractivity contribution < 1.29 is 0 Å². The number of anilines is 3. The lowest BCUT2D eigenvalue weighted by Crippen LogP contribution is -1.91. The van der Waals surface area contributed by atoms with Gasteiger partial charge in [0, 0.05) is 22.3 Å². The number of nitrogens with one attached hydrogen (secondary N) is 1. The van der Waals surface area contributed by atoms with Crippen LogP contribution in [0.5, 0.6) is 0 Å². The Bertz CT molecular complexity index is 745. The molecule has 118 valence electrons. The molecule has 23 heavy (non-hydrogen) atoms. The van der Waals surface area contributed by atoms with Crippen LogP contribution < -0.4 is 11.1 Å². The third kappa shape index (κ3) is 4.11. The van der Waals surface area contributed by atoms with Crippen molar-refractivity contribution in [3.63, 3.8) is 0 Å². The van der Waals surface area contributed by atoms with E-state index in [1.165, 1.54) is 18.4 Å². The molecule has 0 radical (unpaired) electrons. The van der Waals surface area contributed by atoms with Gasteiger partial charge in [0.15, 0.2) is 5.13 Å². The summed E-state index contributed by atoms with van der Waals surface area (Å²) in [7, 11) is 0. The van der Waals surface area contributed by atoms with Crippen molar-refractivity contribution in [2.24, 2.45) is 0 Å². The van der Waals surface area contributed by atoms with Crippen LogP contribution in [0.25, 0.3) is 11.3 Å². The Kier molecular flexibility index (Phi) is 4.93. The quantitative estimate of drug-likeness (QED) is 0.591. The summed E-state index contributed by atoms with van der Waals surface area (Å²) in [5.74, 6) is 0. The topological polar surface area (TPSA) is 50.9 Å². The largest absolute Gasteiger partial charge is 0.399 e. The number of hydrogen-bond donors (Lipinski definition) is 2. The maximum atomic E-state index is 5.72. The highest BCUT2D eigenvalue weighted by molar-refractivity contribution is 7.14. The molecule has 3 N–H and O–H groups in total. The Morgan fingerprint density at radius 2 is 1.78 bits per heavy atom. The van der Waals surface area contributed by atoms with Crippen LogP contribution in [0.2, 0.25) is 0 Å². The molecule has 0 aliphatic rings. The maximum absolute atomic E-state index is 5.72. The van der Waals surface area contributed by atoms with Crippen LogP contribution in [-0.4, -0.2) is 4.98 Å². The highest BCUT2D eigenvalue weighted by Gasteiger charge is 2.05. The minimum absolute atomic E-state index is 0.769. The zero-order valence-corrected chi connectivity index (χ0v) is 14.1. The smallest absolute Gasteiger partial charge is 0.187 e. The molecule has 0 fully saturated rings. The molecule has 1 heterocycles. The van der Waals surface area contributed by atoms with E-state index in [-0.39, 0.29) is 0 Å². The lowest BCUT2D eigenvalue weighted by atomic mass is 10.1. The Labute approximate surface area is 141 Å². The number of aryl methyl sites for hydroxylation is 1. The van der Waals surface area contributed by atoms with Gasteiger partial charge < -0.3 is 11.1 Å². The molecule has 3 rings (SSSR count). The van der Waals surface area contributed by atoms with Crippen molar-refractivity contribution >= 4 is 27.8 Å². The molecule has 2 aromatic carbocycles. The normalized spacial score (nSPS) is 10.7. The van der Waals surface area contributed by atoms with E-state index in [0.717, 1.165) is 34.2 Å². The van der Waals surface area contributed by atoms with E-state index in [1.807, 2.05) is 24.3 Å². The zero-order chi connectivity index (χ0) is 16.1. The summed E-state index contributed by atoms with van der Waals surface area (Å²) < 4.78 is 0. The Morgan fingerprint density at radius 1 is 1.04 bits per heavy atom. The molecule has 0 aliphatic carbocycles. The summed E-state index contributed by atoms with van der Waals surface area (Å²) in [4.78, 5) is 4.64. The molecule has 0 saturated heterocycles. The highest BCUT2D eigenvalue weighted by atomic mass is 32.1. The van der Waals surface area contributed by atoms with Crippen molar-refractivity contribution in [2.75, 3.05) is 11.1 Å². The fourth-order valence-corrected chi connectivity index (χ4v) is 3.12. The summed E-state index contributed by atoms with van der Waals surface area (Å²) in [5.41, 5.74) is 11.0. The van der Waals surface area contributed by atoms with Crippen molar-refractivity contribution in [1.82, 2.24) is 4.98 Å². The van der Waals surface area contributed by atoms with Crippen LogP contribution in [0, 0.1) is 0 Å². The number of hydrogen-bond acceptors (Lipinski definition) is 4. The first kappa shape index (κ1) is 15.6. The van der Waals surface area contributed by atoms with Crippen molar-refractivity contribution in [3.8, 4) is 11.3 Å². The van der Waals surface area contributed by atoms with Crippen LogP contribution in [0.15, 0.2) is 53.9 Å². The number of nitrogens with two attached hydrogens (primary N) is 1. The second kappa shape index (κ2) is 7.29. The predicted octanol–water partition coefficient (Wildman–Crippen LogP) is 5.48. The fraction of sp³-hybridized carbons (Fsp3) is 0.211. The lowest BCUT2D eigenvalue weighted by Gasteiger charge is -2.04. The minimum atomic E-state index is 0.769. The molecule has 0 aliphatic heterocycles. The molecule has 3 nitrogen and oxygen atoms in total. The number of thiazole rings is 1. The number of aromatic nitrogens is 1. The molecule has 0 amide bonds. The lowest BCUT2D eigenvalue weighted by molar-refractivity contribution is 0.795. The molecule has 4 heteroatoms. The van der Waals surface area contributed by atoms with Gasteiger partial charge in [-0.3, -0.25) is 0 Å². The number of benzene rings is 2. The molecule has 1 aromatic heterocycles. The van der Waals surface area contributed by atoms with Crippen LogP contribution in [-0.2, 0) is 6.42 Å². The van der Waals surface area contributed by atoms with E-state index >= 15 is 0 Å². The standard InChI is InChI=1S/C19H21N3S/c1-2-3-4-14-5-11-17(12-6-14)21-19-22-18(13-23-19)15-7-9-16(20)10-8-15/h5-13H,2-4,20H2,1H3,(H,21,22). The minimum Gasteiger partial charge on any atom is -0.399 e. The molecular weight excluding hydrogens is 302 g/mol. The first-order valence-electron chi connectivity index (χ1n) is 7.92. The molecule has 0 saturated carbocycles. The second-order valence-electron chi connectivity index (χ2n) is 5.59. The zero-order valence-electron chi connectivity index (χ0n) is 13.3. The molecule has 3 aromatic rings. The molecular formula is C19H21N3S. The summed E-state index contributed by atoms with van der Waals surface area (Å²) in [6, 6.07) is 16.4. The van der Waals surface area contributed by atoms with E-state index in [2.05, 4.69) is 46.9 Å². The number of rotatable bonds is 6. The van der Waals surface area contributed by atoms with Crippen LogP contribution in [0.4, 0.5) is 16.5 Å². The molecule has 0 spiro atoms. The maximum Gasteiger partial charge on any atom is 0.187 e. The van der Waals surface area contributed by atoms with Gasteiger partial charge in [-0.05, 0) is 42.7 Å². The first-order valence-corrected chi connectivity index (χ1v) is 8.80. The highest BCUT2D eigenvalue weighted by Crippen LogP contribution is 2.27. The average Bonchev–Trinajstić information content (AvgIpc) is 3.03. The number of nitrogen functional groups attached to an aromatic ring is 1. The summed E-state index contributed by atoms with van der Waals surface area (Å²) in [6.07, 6.45) is 3.62. The third-order valence-corrected chi connectivity index (χ3v) is 4.49. The van der Waals surface area contributed by atoms with Gasteiger partial charge in [0.05, 0.1) is 5.69 Å². The number of unbranched alkanes of at least 4 members (excludes halogenated alkanes) is 1. The van der Waals surface area contributed by atoms with Gasteiger partial charge in [-0.15, -0.1) is 11.3 Å². The number of nitrogens with zero attached hydrogens (tertiary/aromatic N) is 1. The van der Waals surface area contributed by atoms with Gasteiger partial charge in [0.1, 0.15) is 0 Å². The van der Waals surface area contributed by atoms with E-state index in [4.69, 9.17) is 5.73 Å². The predicted molar refractivity (Wildman–Crippen MR) is 100 cm³/mol. The second-order valence-corrected chi connectivity index (χ2v) is 6.44. The van der Waals surface area contributed by atoms with E-state index in [9.17, 15) is 0 Å². The van der Waals surface area contributed by atoms with Crippen molar-refractivity contribution in [3.05, 3.63) is 59.5 Å². The summed E-state index contributed by atoms with van der Waals surface area (Å²) >= 11 is 1.61. The van der Waals surface area contributed by atoms with Gasteiger partial charge in [0.2, 0.25) is 0 Å². The summed E-state index contributed by atoms with van der Waals surface area (Å²) in [6.45, 7) is 2.22. The summed E-state index contributed by atoms with van der Waals surface area (Å²) in [5, 5.41) is 6.33. The van der Waals surface area contributed by atoms with Crippen LogP contribution in [0.3, 0.4) is 0 Å². The average molecular weight is 323 g/mol. The Morgan fingerprint density at radius 3 is 2.48 bits per heavy atom. The van der Waals surface area contributed by atoms with Gasteiger partial charge in [-0.1, -0.05) is 37.6 Å². The van der Waals surface area contributed by atoms with Gasteiger partial charge in [-0.2, -0.15) is 0 Å². The van der Waals surface area contributed by atoms with Gasteiger partial charge in [-0.25, -0.2) is 4.98 Å². The Balaban J connectivity index is 1.68. The van der Waals surface area contributed by atoms with E-state index < -0.39 is 0 Å². The van der Waals surface area contributed by atoms with Gasteiger partial charge >= 0.3 is 0 Å². The van der Waals surface area contributed by atoms with Crippen LogP contribution in [0.1, 0.15) is 25.3 Å². The molecule has 0 atom stereocenters. The van der Waals surface area contributed by atoms with E-state index in [0.29, 0.717) is 0 Å². The van der Waals surface area contributed by atoms with Crippen LogP contribution >= 0.6 is 11.3 Å².